The summed E-state index contributed by atoms with van der Waals surface area (Å²) in [6, 6.07) is 8.65. The van der Waals surface area contributed by atoms with E-state index in [0.29, 0.717) is 15.9 Å². The Morgan fingerprint density at radius 2 is 2.05 bits per heavy atom. The highest BCUT2D eigenvalue weighted by Crippen LogP contribution is 2.32. The molecule has 7 heteroatoms. The van der Waals surface area contributed by atoms with Crippen molar-refractivity contribution in [3.8, 4) is 5.75 Å². The van der Waals surface area contributed by atoms with Crippen LogP contribution in [0.25, 0.3) is 0 Å². The summed E-state index contributed by atoms with van der Waals surface area (Å²) in [5.41, 5.74) is 0.555. The predicted octanol–water partition coefficient (Wildman–Crippen LogP) is 3.34. The molecule has 0 N–H and O–H groups in total. The molecule has 0 unspecified atom stereocenters. The second-order valence-electron chi connectivity index (χ2n) is 3.73. The van der Waals surface area contributed by atoms with Gasteiger partial charge in [-0.1, -0.05) is 6.07 Å². The van der Waals surface area contributed by atoms with Crippen molar-refractivity contribution in [1.29, 1.82) is 0 Å². The third-order valence-corrected chi connectivity index (χ3v) is 7.03. The van der Waals surface area contributed by atoms with Crippen molar-refractivity contribution in [3.63, 3.8) is 0 Å². The van der Waals surface area contributed by atoms with E-state index in [1.54, 1.807) is 42.8 Å². The van der Waals surface area contributed by atoms with Crippen molar-refractivity contribution in [3.05, 3.63) is 40.2 Å². The number of anilines is 1. The monoisotopic (exact) mass is 361 g/mol. The van der Waals surface area contributed by atoms with E-state index in [1.165, 1.54) is 22.7 Å². The summed E-state index contributed by atoms with van der Waals surface area (Å²) in [6.45, 7) is 0. The van der Waals surface area contributed by atoms with Gasteiger partial charge in [0.2, 0.25) is 0 Å². The van der Waals surface area contributed by atoms with Crippen LogP contribution in [-0.4, -0.2) is 22.6 Å². The maximum atomic E-state index is 12.5. The third-order valence-electron chi connectivity index (χ3n) is 2.60. The Morgan fingerprint density at radius 1 is 1.32 bits per heavy atom. The molecule has 2 rings (SSSR count). The molecule has 1 aromatic heterocycles. The Kier molecular flexibility index (Phi) is 4.17. The molecular formula is C12H12BrNO3S2. The first kappa shape index (κ1) is 14.4. The summed E-state index contributed by atoms with van der Waals surface area (Å²) in [5, 5.41) is 1.73. The number of ether oxygens (including phenoxy) is 1. The van der Waals surface area contributed by atoms with Gasteiger partial charge in [0, 0.05) is 17.6 Å². The van der Waals surface area contributed by atoms with Crippen LogP contribution in [-0.2, 0) is 10.0 Å². The zero-order valence-corrected chi connectivity index (χ0v) is 13.5. The zero-order chi connectivity index (χ0) is 14.0. The highest BCUT2D eigenvalue weighted by molar-refractivity contribution is 9.10. The molecule has 0 aliphatic rings. The summed E-state index contributed by atoms with van der Waals surface area (Å²) in [5.74, 6) is 0.616. The molecule has 19 heavy (non-hydrogen) atoms. The van der Waals surface area contributed by atoms with Crippen molar-refractivity contribution >= 4 is 43.0 Å². The number of benzene rings is 1. The molecular weight excluding hydrogens is 350 g/mol. The first-order valence-electron chi connectivity index (χ1n) is 5.33. The smallest absolute Gasteiger partial charge is 0.274 e. The molecule has 0 spiro atoms. The Hall–Kier alpha value is -1.05. The van der Waals surface area contributed by atoms with E-state index in [0.717, 1.165) is 0 Å². The standard InChI is InChI=1S/C12H12BrNO3S2/c1-14(9-4-3-5-10(8-9)17-2)19(15,16)12-11(13)6-7-18-12/h3-8H,1-2H3. The summed E-state index contributed by atoms with van der Waals surface area (Å²) in [4.78, 5) is 0. The van der Waals surface area contributed by atoms with Gasteiger partial charge < -0.3 is 4.74 Å². The van der Waals surface area contributed by atoms with E-state index in [1.807, 2.05) is 0 Å². The maximum absolute atomic E-state index is 12.5. The molecule has 0 atom stereocenters. The van der Waals surface area contributed by atoms with Crippen LogP contribution >= 0.6 is 27.3 Å². The second-order valence-corrected chi connectivity index (χ2v) is 7.66. The van der Waals surface area contributed by atoms with Crippen LogP contribution in [0.3, 0.4) is 0 Å². The average molecular weight is 362 g/mol. The van der Waals surface area contributed by atoms with Gasteiger partial charge in [-0.15, -0.1) is 11.3 Å². The highest BCUT2D eigenvalue weighted by atomic mass is 79.9. The number of rotatable bonds is 4. The SMILES string of the molecule is COc1cccc(N(C)S(=O)(=O)c2sccc2Br)c1. The van der Waals surface area contributed by atoms with Crippen molar-refractivity contribution in [1.82, 2.24) is 0 Å². The maximum Gasteiger partial charge on any atom is 0.274 e. The van der Waals surface area contributed by atoms with Crippen LogP contribution in [0.1, 0.15) is 0 Å². The lowest BCUT2D eigenvalue weighted by Crippen LogP contribution is -2.26. The largest absolute Gasteiger partial charge is 0.497 e. The number of hydrogen-bond donors (Lipinski definition) is 0. The van der Waals surface area contributed by atoms with E-state index >= 15 is 0 Å². The second kappa shape index (κ2) is 5.52. The topological polar surface area (TPSA) is 46.6 Å². The molecule has 0 radical (unpaired) electrons. The minimum absolute atomic E-state index is 0.290. The third kappa shape index (κ3) is 2.77. The first-order valence-corrected chi connectivity index (χ1v) is 8.44. The number of nitrogens with zero attached hydrogens (tertiary/aromatic N) is 1. The van der Waals surface area contributed by atoms with Gasteiger partial charge in [0.05, 0.1) is 12.8 Å². The Bertz CT molecular complexity index is 682. The van der Waals surface area contributed by atoms with Gasteiger partial charge in [0.1, 0.15) is 5.75 Å². The highest BCUT2D eigenvalue weighted by Gasteiger charge is 2.25. The number of sulfonamides is 1. The van der Waals surface area contributed by atoms with Crippen molar-refractivity contribution < 1.29 is 13.2 Å². The van der Waals surface area contributed by atoms with Crippen LogP contribution < -0.4 is 9.04 Å². The molecule has 1 aromatic carbocycles. The lowest BCUT2D eigenvalue weighted by molar-refractivity contribution is 0.415. The van der Waals surface area contributed by atoms with Gasteiger partial charge in [0.25, 0.3) is 10.0 Å². The van der Waals surface area contributed by atoms with Crippen LogP contribution in [0.2, 0.25) is 0 Å². The van der Waals surface area contributed by atoms with E-state index in [2.05, 4.69) is 15.9 Å². The lowest BCUT2D eigenvalue weighted by atomic mass is 10.3. The fraction of sp³-hybridized carbons (Fsp3) is 0.167. The van der Waals surface area contributed by atoms with Gasteiger partial charge >= 0.3 is 0 Å². The Labute approximate surface area is 124 Å². The van der Waals surface area contributed by atoms with Gasteiger partial charge in [-0.05, 0) is 39.5 Å². The van der Waals surface area contributed by atoms with Crippen LogP contribution in [0.15, 0.2) is 44.4 Å². The fourth-order valence-corrected chi connectivity index (χ4v) is 5.19. The molecule has 0 fully saturated rings. The molecule has 4 nitrogen and oxygen atoms in total. The van der Waals surface area contributed by atoms with Crippen LogP contribution in [0.4, 0.5) is 5.69 Å². The van der Waals surface area contributed by atoms with Crippen molar-refractivity contribution in [2.24, 2.45) is 0 Å². The van der Waals surface area contributed by atoms with Crippen LogP contribution in [0.5, 0.6) is 5.75 Å². The minimum Gasteiger partial charge on any atom is -0.497 e. The van der Waals surface area contributed by atoms with Gasteiger partial charge in [0.15, 0.2) is 4.21 Å². The summed E-state index contributed by atoms with van der Waals surface area (Å²) in [7, 11) is -0.486. The van der Waals surface area contributed by atoms with Crippen LogP contribution in [0, 0.1) is 0 Å². The average Bonchev–Trinajstić information content (AvgIpc) is 2.85. The number of halogens is 1. The Balaban J connectivity index is 2.43. The van der Waals surface area contributed by atoms with Gasteiger partial charge in [-0.2, -0.15) is 0 Å². The quantitative estimate of drug-likeness (QED) is 0.838. The normalized spacial score (nSPS) is 11.3. The summed E-state index contributed by atoms with van der Waals surface area (Å²) in [6.07, 6.45) is 0. The number of hydrogen-bond acceptors (Lipinski definition) is 4. The van der Waals surface area contributed by atoms with E-state index < -0.39 is 10.0 Å². The Morgan fingerprint density at radius 3 is 2.63 bits per heavy atom. The zero-order valence-electron chi connectivity index (χ0n) is 10.3. The molecule has 0 bridgehead atoms. The molecule has 0 aliphatic carbocycles. The van der Waals surface area contributed by atoms with Crippen molar-refractivity contribution in [2.45, 2.75) is 4.21 Å². The van der Waals surface area contributed by atoms with E-state index in [4.69, 9.17) is 4.74 Å². The molecule has 0 saturated heterocycles. The molecule has 2 aromatic rings. The molecule has 102 valence electrons. The van der Waals surface area contributed by atoms with Crippen molar-refractivity contribution in [2.75, 3.05) is 18.5 Å². The minimum atomic E-state index is -3.55. The molecule has 1 heterocycles. The fourth-order valence-electron chi connectivity index (χ4n) is 1.53. The summed E-state index contributed by atoms with van der Waals surface area (Å²) >= 11 is 4.43. The molecule has 0 aliphatic heterocycles. The van der Waals surface area contributed by atoms with Gasteiger partial charge in [-0.3, -0.25) is 4.31 Å². The molecule has 0 amide bonds. The van der Waals surface area contributed by atoms with E-state index in [-0.39, 0.29) is 4.21 Å². The predicted molar refractivity (Wildman–Crippen MR) is 80.6 cm³/mol. The summed E-state index contributed by atoms with van der Waals surface area (Å²) < 4.78 is 32.2. The first-order chi connectivity index (χ1) is 8.96. The molecule has 0 saturated carbocycles. The lowest BCUT2D eigenvalue weighted by Gasteiger charge is -2.19. The number of thiophene rings is 1. The van der Waals surface area contributed by atoms with E-state index in [9.17, 15) is 8.42 Å². The number of methoxy groups -OCH3 is 1. The van der Waals surface area contributed by atoms with Gasteiger partial charge in [-0.25, -0.2) is 8.42 Å².